The van der Waals surface area contributed by atoms with Gasteiger partial charge >= 0.3 is 6.03 Å². The molecular formula is C17H16BrN3O3. The molecule has 1 aliphatic carbocycles. The number of carbonyl (C=O) groups excluding carboxylic acids is 2. The highest BCUT2D eigenvalue weighted by Gasteiger charge is 2.23. The van der Waals surface area contributed by atoms with Crippen LogP contribution in [0.25, 0.3) is 0 Å². The Morgan fingerprint density at radius 1 is 1.00 bits per heavy atom. The molecule has 2 aromatic rings. The molecule has 1 saturated carbocycles. The Balaban J connectivity index is 1.61. The van der Waals surface area contributed by atoms with Crippen LogP contribution in [-0.2, 0) is 0 Å². The summed E-state index contributed by atoms with van der Waals surface area (Å²) in [5, 5.41) is 18.0. The van der Waals surface area contributed by atoms with Gasteiger partial charge in [0.05, 0.1) is 5.56 Å². The fourth-order valence-electron chi connectivity index (χ4n) is 2.11. The van der Waals surface area contributed by atoms with Gasteiger partial charge in [-0.1, -0.05) is 15.9 Å². The van der Waals surface area contributed by atoms with Gasteiger partial charge in [-0.15, -0.1) is 0 Å². The number of phenolic OH excluding ortho intramolecular Hbond substituents is 1. The molecule has 124 valence electrons. The third kappa shape index (κ3) is 4.26. The molecule has 0 radical (unpaired) electrons. The quantitative estimate of drug-likeness (QED) is 0.642. The molecule has 1 aliphatic rings. The largest absolute Gasteiger partial charge is 0.507 e. The Morgan fingerprint density at radius 2 is 1.62 bits per heavy atom. The second kappa shape index (κ2) is 6.92. The molecular weight excluding hydrogens is 374 g/mol. The number of aromatic hydroxyl groups is 1. The van der Waals surface area contributed by atoms with Crippen molar-refractivity contribution < 1.29 is 14.7 Å². The summed E-state index contributed by atoms with van der Waals surface area (Å²) >= 11 is 3.27. The summed E-state index contributed by atoms with van der Waals surface area (Å²) in [6.45, 7) is 0. The van der Waals surface area contributed by atoms with E-state index < -0.39 is 5.91 Å². The van der Waals surface area contributed by atoms with E-state index in [1.807, 2.05) is 0 Å². The summed E-state index contributed by atoms with van der Waals surface area (Å²) in [7, 11) is 0. The molecule has 0 saturated heterocycles. The maximum atomic E-state index is 12.2. The third-order valence-corrected chi connectivity index (χ3v) is 4.01. The Bertz CT molecular complexity index is 773. The van der Waals surface area contributed by atoms with Crippen molar-refractivity contribution in [1.82, 2.24) is 5.32 Å². The zero-order valence-electron chi connectivity index (χ0n) is 12.7. The molecule has 0 aliphatic heterocycles. The highest BCUT2D eigenvalue weighted by atomic mass is 79.9. The van der Waals surface area contributed by atoms with Crippen LogP contribution in [0, 0.1) is 0 Å². The number of carbonyl (C=O) groups is 2. The first-order valence-electron chi connectivity index (χ1n) is 7.49. The first kappa shape index (κ1) is 16.3. The van der Waals surface area contributed by atoms with Gasteiger partial charge in [0.15, 0.2) is 0 Å². The first-order valence-corrected chi connectivity index (χ1v) is 8.28. The van der Waals surface area contributed by atoms with Crippen LogP contribution in [-0.4, -0.2) is 23.1 Å². The van der Waals surface area contributed by atoms with Gasteiger partial charge in [-0.25, -0.2) is 4.79 Å². The number of rotatable bonds is 4. The number of benzene rings is 2. The Morgan fingerprint density at radius 3 is 2.25 bits per heavy atom. The summed E-state index contributed by atoms with van der Waals surface area (Å²) in [6, 6.07) is 11.5. The first-order chi connectivity index (χ1) is 11.5. The van der Waals surface area contributed by atoms with E-state index in [4.69, 9.17) is 0 Å². The van der Waals surface area contributed by atoms with Crippen molar-refractivity contribution in [3.05, 3.63) is 52.5 Å². The third-order valence-electron chi connectivity index (χ3n) is 3.52. The van der Waals surface area contributed by atoms with Crippen molar-refractivity contribution in [2.45, 2.75) is 18.9 Å². The number of anilines is 2. The summed E-state index contributed by atoms with van der Waals surface area (Å²) < 4.78 is 0.701. The summed E-state index contributed by atoms with van der Waals surface area (Å²) in [4.78, 5) is 23.9. The lowest BCUT2D eigenvalue weighted by molar-refractivity contribution is 0.102. The van der Waals surface area contributed by atoms with Crippen molar-refractivity contribution in [1.29, 1.82) is 0 Å². The van der Waals surface area contributed by atoms with Crippen molar-refractivity contribution in [2.24, 2.45) is 0 Å². The fourth-order valence-corrected chi connectivity index (χ4v) is 2.47. The zero-order valence-corrected chi connectivity index (χ0v) is 14.3. The Kier molecular flexibility index (Phi) is 4.71. The summed E-state index contributed by atoms with van der Waals surface area (Å²) in [6.07, 6.45) is 2.06. The van der Waals surface area contributed by atoms with Crippen LogP contribution in [0.1, 0.15) is 23.2 Å². The lowest BCUT2D eigenvalue weighted by Gasteiger charge is -2.09. The SMILES string of the molecule is O=C(Nc1ccc(NC(=O)c2cc(Br)ccc2O)cc1)NC1CC1. The smallest absolute Gasteiger partial charge is 0.319 e. The van der Waals surface area contributed by atoms with Crippen molar-refractivity contribution in [2.75, 3.05) is 10.6 Å². The molecule has 1 fully saturated rings. The van der Waals surface area contributed by atoms with Gasteiger partial charge in [-0.05, 0) is 55.3 Å². The average Bonchev–Trinajstić information content (AvgIpc) is 3.35. The molecule has 0 unspecified atom stereocenters. The number of phenols is 1. The van der Waals surface area contributed by atoms with Gasteiger partial charge in [-0.3, -0.25) is 4.79 Å². The molecule has 7 heteroatoms. The van der Waals surface area contributed by atoms with E-state index >= 15 is 0 Å². The minimum atomic E-state index is -0.416. The van der Waals surface area contributed by atoms with Gasteiger partial charge in [0.1, 0.15) is 5.75 Å². The molecule has 24 heavy (non-hydrogen) atoms. The maximum Gasteiger partial charge on any atom is 0.319 e. The van der Waals surface area contributed by atoms with Gasteiger partial charge in [0, 0.05) is 21.9 Å². The molecule has 3 rings (SSSR count). The normalized spacial score (nSPS) is 13.2. The number of halogens is 1. The predicted octanol–water partition coefficient (Wildman–Crippen LogP) is 3.69. The van der Waals surface area contributed by atoms with E-state index in [0.717, 1.165) is 12.8 Å². The van der Waals surface area contributed by atoms with Crippen LogP contribution < -0.4 is 16.0 Å². The standard InChI is InChI=1S/C17H16BrN3O3/c18-10-1-8-15(22)14(9-10)16(23)19-11-2-4-12(5-3-11)20-17(24)21-13-6-7-13/h1-5,8-9,13,22H,6-7H2,(H,19,23)(H2,20,21,24). The maximum absolute atomic E-state index is 12.2. The highest BCUT2D eigenvalue weighted by Crippen LogP contribution is 2.23. The minimum absolute atomic E-state index is 0.0919. The number of amides is 3. The average molecular weight is 390 g/mol. The number of urea groups is 1. The Labute approximate surface area is 147 Å². The monoisotopic (exact) mass is 389 g/mol. The molecule has 0 bridgehead atoms. The lowest BCUT2D eigenvalue weighted by Crippen LogP contribution is -2.30. The van der Waals surface area contributed by atoms with Crippen molar-refractivity contribution in [3.63, 3.8) is 0 Å². The lowest BCUT2D eigenvalue weighted by atomic mass is 10.2. The van der Waals surface area contributed by atoms with Gasteiger partial charge in [-0.2, -0.15) is 0 Å². The topological polar surface area (TPSA) is 90.5 Å². The zero-order chi connectivity index (χ0) is 17.1. The second-order valence-electron chi connectivity index (χ2n) is 5.57. The summed E-state index contributed by atoms with van der Waals surface area (Å²) in [5.41, 5.74) is 1.37. The van der Waals surface area contributed by atoms with Crippen LogP contribution >= 0.6 is 15.9 Å². The minimum Gasteiger partial charge on any atom is -0.507 e. The van der Waals surface area contributed by atoms with E-state index in [2.05, 4.69) is 31.9 Å². The molecule has 3 amide bonds. The van der Waals surface area contributed by atoms with Crippen LogP contribution in [0.3, 0.4) is 0 Å². The van der Waals surface area contributed by atoms with Gasteiger partial charge in [0.2, 0.25) is 0 Å². The molecule has 6 nitrogen and oxygen atoms in total. The highest BCUT2D eigenvalue weighted by molar-refractivity contribution is 9.10. The number of hydrogen-bond acceptors (Lipinski definition) is 3. The fraction of sp³-hybridized carbons (Fsp3) is 0.176. The molecule has 0 spiro atoms. The van der Waals surface area contributed by atoms with Crippen LogP contribution in [0.5, 0.6) is 5.75 Å². The van der Waals surface area contributed by atoms with Gasteiger partial charge in [0.25, 0.3) is 5.91 Å². The van der Waals surface area contributed by atoms with Crippen molar-refractivity contribution >= 4 is 39.2 Å². The van der Waals surface area contributed by atoms with Crippen molar-refractivity contribution in [3.8, 4) is 5.75 Å². The Hall–Kier alpha value is -2.54. The van der Waals surface area contributed by atoms with Gasteiger partial charge < -0.3 is 21.1 Å². The predicted molar refractivity (Wildman–Crippen MR) is 95.4 cm³/mol. The molecule has 4 N–H and O–H groups in total. The summed E-state index contributed by atoms with van der Waals surface area (Å²) in [5.74, 6) is -0.508. The van der Waals surface area contributed by atoms with E-state index in [9.17, 15) is 14.7 Å². The molecule has 0 atom stereocenters. The van der Waals surface area contributed by atoms with E-state index in [0.29, 0.717) is 21.9 Å². The molecule has 0 aromatic heterocycles. The van der Waals surface area contributed by atoms with E-state index in [1.54, 1.807) is 36.4 Å². The van der Waals surface area contributed by atoms with E-state index in [1.165, 1.54) is 6.07 Å². The number of nitrogens with one attached hydrogen (secondary N) is 3. The molecule has 0 heterocycles. The van der Waals surface area contributed by atoms with Crippen LogP contribution in [0.4, 0.5) is 16.2 Å². The van der Waals surface area contributed by atoms with Crippen LogP contribution in [0.2, 0.25) is 0 Å². The van der Waals surface area contributed by atoms with E-state index in [-0.39, 0.29) is 17.3 Å². The molecule has 2 aromatic carbocycles. The van der Waals surface area contributed by atoms with Crippen LogP contribution in [0.15, 0.2) is 46.9 Å². The second-order valence-corrected chi connectivity index (χ2v) is 6.48. The number of hydrogen-bond donors (Lipinski definition) is 4.